The van der Waals surface area contributed by atoms with Gasteiger partial charge < -0.3 is 20.3 Å². The van der Waals surface area contributed by atoms with E-state index in [9.17, 15) is 0 Å². The summed E-state index contributed by atoms with van der Waals surface area (Å²) in [7, 11) is 5.74. The molecule has 0 saturated carbocycles. The summed E-state index contributed by atoms with van der Waals surface area (Å²) in [5.74, 6) is 2.16. The number of aromatic nitrogens is 2. The van der Waals surface area contributed by atoms with Gasteiger partial charge in [-0.2, -0.15) is 4.98 Å². The van der Waals surface area contributed by atoms with Crippen LogP contribution in [-0.2, 0) is 0 Å². The van der Waals surface area contributed by atoms with E-state index in [4.69, 9.17) is 4.74 Å². The molecule has 1 heterocycles. The molecule has 0 atom stereocenters. The molecular formula is C17H25N5O. The van der Waals surface area contributed by atoms with E-state index < -0.39 is 0 Å². The molecule has 0 amide bonds. The quantitative estimate of drug-likeness (QED) is 0.819. The highest BCUT2D eigenvalue weighted by molar-refractivity contribution is 5.65. The highest BCUT2D eigenvalue weighted by atomic mass is 16.5. The van der Waals surface area contributed by atoms with Gasteiger partial charge in [-0.1, -0.05) is 6.07 Å². The highest BCUT2D eigenvalue weighted by Gasteiger charge is 2.07. The molecule has 2 aromatic rings. The number of methoxy groups -OCH3 is 1. The maximum absolute atomic E-state index is 5.40. The number of ether oxygens (including phenoxy) is 1. The van der Waals surface area contributed by atoms with E-state index in [0.29, 0.717) is 5.95 Å². The fraction of sp³-hybridized carbons (Fsp3) is 0.412. The second-order valence-corrected chi connectivity index (χ2v) is 5.78. The first-order valence-electron chi connectivity index (χ1n) is 7.64. The Labute approximate surface area is 137 Å². The number of hydrogen-bond donors (Lipinski definition) is 2. The predicted molar refractivity (Wildman–Crippen MR) is 94.8 cm³/mol. The van der Waals surface area contributed by atoms with Gasteiger partial charge in [-0.25, -0.2) is 4.98 Å². The van der Waals surface area contributed by atoms with Gasteiger partial charge in [0.05, 0.1) is 12.8 Å². The van der Waals surface area contributed by atoms with E-state index in [-0.39, 0.29) is 0 Å². The van der Waals surface area contributed by atoms with Gasteiger partial charge in [0.2, 0.25) is 5.95 Å². The molecule has 124 valence electrons. The molecule has 0 aliphatic heterocycles. The zero-order chi connectivity index (χ0) is 16.8. The van der Waals surface area contributed by atoms with E-state index in [0.717, 1.165) is 41.6 Å². The SMILES string of the molecule is COc1ccc(C)cc1Nc1cc(C)nc(NCCN(C)C)n1. The smallest absolute Gasteiger partial charge is 0.224 e. The van der Waals surface area contributed by atoms with E-state index in [2.05, 4.69) is 25.5 Å². The third-order valence-corrected chi connectivity index (χ3v) is 3.31. The van der Waals surface area contributed by atoms with Gasteiger partial charge in [-0.15, -0.1) is 0 Å². The lowest BCUT2D eigenvalue weighted by atomic mass is 10.2. The van der Waals surface area contributed by atoms with Crippen LogP contribution < -0.4 is 15.4 Å². The van der Waals surface area contributed by atoms with Crippen molar-refractivity contribution in [1.82, 2.24) is 14.9 Å². The third-order valence-electron chi connectivity index (χ3n) is 3.31. The van der Waals surface area contributed by atoms with Crippen LogP contribution in [0.4, 0.5) is 17.5 Å². The minimum atomic E-state index is 0.626. The van der Waals surface area contributed by atoms with Crippen LogP contribution in [0.3, 0.4) is 0 Å². The molecule has 1 aromatic heterocycles. The van der Waals surface area contributed by atoms with Crippen molar-refractivity contribution in [3.8, 4) is 5.75 Å². The number of hydrogen-bond acceptors (Lipinski definition) is 6. The minimum Gasteiger partial charge on any atom is -0.495 e. The Balaban J connectivity index is 2.17. The van der Waals surface area contributed by atoms with Crippen molar-refractivity contribution in [3.05, 3.63) is 35.5 Å². The first-order valence-corrected chi connectivity index (χ1v) is 7.64. The predicted octanol–water partition coefficient (Wildman–Crippen LogP) is 2.82. The van der Waals surface area contributed by atoms with Crippen molar-refractivity contribution in [2.45, 2.75) is 13.8 Å². The van der Waals surface area contributed by atoms with Crippen LogP contribution in [0.15, 0.2) is 24.3 Å². The molecule has 0 unspecified atom stereocenters. The molecular weight excluding hydrogens is 290 g/mol. The van der Waals surface area contributed by atoms with Crippen molar-refractivity contribution in [2.24, 2.45) is 0 Å². The number of likely N-dealkylation sites (N-methyl/N-ethyl adjacent to an activating group) is 1. The van der Waals surface area contributed by atoms with Gasteiger partial charge in [0.25, 0.3) is 0 Å². The lowest BCUT2D eigenvalue weighted by Crippen LogP contribution is -2.21. The summed E-state index contributed by atoms with van der Waals surface area (Å²) in [5, 5.41) is 6.57. The molecule has 0 aliphatic carbocycles. The van der Waals surface area contributed by atoms with Gasteiger partial charge in [0.1, 0.15) is 11.6 Å². The molecule has 1 aromatic carbocycles. The van der Waals surface area contributed by atoms with Gasteiger partial charge in [-0.3, -0.25) is 0 Å². The Morgan fingerprint density at radius 3 is 2.61 bits per heavy atom. The Kier molecular flexibility index (Phi) is 5.76. The summed E-state index contributed by atoms with van der Waals surface area (Å²) < 4.78 is 5.40. The molecule has 6 nitrogen and oxygen atoms in total. The maximum atomic E-state index is 5.40. The van der Waals surface area contributed by atoms with Gasteiger partial charge in [-0.05, 0) is 45.6 Å². The van der Waals surface area contributed by atoms with Crippen LogP contribution in [0, 0.1) is 13.8 Å². The van der Waals surface area contributed by atoms with E-state index in [1.165, 1.54) is 0 Å². The zero-order valence-electron chi connectivity index (χ0n) is 14.5. The first kappa shape index (κ1) is 17.0. The van der Waals surface area contributed by atoms with Crippen LogP contribution in [0.25, 0.3) is 0 Å². The fourth-order valence-electron chi connectivity index (χ4n) is 2.16. The standard InChI is InChI=1S/C17H25N5O/c1-12-6-7-15(23-5)14(10-12)20-16-11-13(2)19-17(21-16)18-8-9-22(3)4/h6-7,10-11H,8-9H2,1-5H3,(H2,18,19,20,21). The van der Waals surface area contributed by atoms with Crippen molar-refractivity contribution < 1.29 is 4.74 Å². The van der Waals surface area contributed by atoms with Crippen molar-refractivity contribution in [2.75, 3.05) is 44.9 Å². The summed E-state index contributed by atoms with van der Waals surface area (Å²) in [4.78, 5) is 11.1. The van der Waals surface area contributed by atoms with Crippen molar-refractivity contribution in [1.29, 1.82) is 0 Å². The third kappa shape index (κ3) is 5.10. The Morgan fingerprint density at radius 2 is 1.91 bits per heavy atom. The second-order valence-electron chi connectivity index (χ2n) is 5.78. The largest absolute Gasteiger partial charge is 0.495 e. The topological polar surface area (TPSA) is 62.3 Å². The van der Waals surface area contributed by atoms with Gasteiger partial charge in [0.15, 0.2) is 0 Å². The molecule has 0 saturated heterocycles. The van der Waals surface area contributed by atoms with Crippen LogP contribution >= 0.6 is 0 Å². The lowest BCUT2D eigenvalue weighted by molar-refractivity contribution is 0.416. The van der Waals surface area contributed by atoms with Gasteiger partial charge >= 0.3 is 0 Å². The zero-order valence-corrected chi connectivity index (χ0v) is 14.5. The molecule has 23 heavy (non-hydrogen) atoms. The molecule has 2 N–H and O–H groups in total. The van der Waals surface area contributed by atoms with E-state index in [1.54, 1.807) is 7.11 Å². The molecule has 6 heteroatoms. The van der Waals surface area contributed by atoms with Crippen molar-refractivity contribution >= 4 is 17.5 Å². The Bertz CT molecular complexity index is 657. The molecule has 2 rings (SSSR count). The van der Waals surface area contributed by atoms with Crippen LogP contribution in [0.5, 0.6) is 5.75 Å². The van der Waals surface area contributed by atoms with Crippen molar-refractivity contribution in [3.63, 3.8) is 0 Å². The highest BCUT2D eigenvalue weighted by Crippen LogP contribution is 2.28. The maximum Gasteiger partial charge on any atom is 0.224 e. The molecule has 0 fully saturated rings. The van der Waals surface area contributed by atoms with Gasteiger partial charge in [0, 0.05) is 24.8 Å². The number of anilines is 3. The number of rotatable bonds is 7. The first-order chi connectivity index (χ1) is 11.0. The van der Waals surface area contributed by atoms with Crippen LogP contribution in [0.2, 0.25) is 0 Å². The Morgan fingerprint density at radius 1 is 1.13 bits per heavy atom. The fourth-order valence-corrected chi connectivity index (χ4v) is 2.16. The summed E-state index contributed by atoms with van der Waals surface area (Å²) in [5.41, 5.74) is 2.95. The van der Waals surface area contributed by atoms with Crippen LogP contribution in [0.1, 0.15) is 11.3 Å². The molecule has 0 bridgehead atoms. The summed E-state index contributed by atoms with van der Waals surface area (Å²) in [6.07, 6.45) is 0. The summed E-state index contributed by atoms with van der Waals surface area (Å²) in [6.45, 7) is 5.72. The molecule has 0 radical (unpaired) electrons. The molecule has 0 spiro atoms. The second kappa shape index (κ2) is 7.78. The Hall–Kier alpha value is -2.34. The normalized spacial score (nSPS) is 10.7. The average molecular weight is 315 g/mol. The number of benzene rings is 1. The molecule has 0 aliphatic rings. The number of aryl methyl sites for hydroxylation is 2. The summed E-state index contributed by atoms with van der Waals surface area (Å²) in [6, 6.07) is 7.92. The average Bonchev–Trinajstić information content (AvgIpc) is 2.46. The minimum absolute atomic E-state index is 0.626. The lowest BCUT2D eigenvalue weighted by Gasteiger charge is -2.14. The van der Waals surface area contributed by atoms with E-state index >= 15 is 0 Å². The number of nitrogens with zero attached hydrogens (tertiary/aromatic N) is 3. The summed E-state index contributed by atoms with van der Waals surface area (Å²) >= 11 is 0. The van der Waals surface area contributed by atoms with E-state index in [1.807, 2.05) is 52.2 Å². The monoisotopic (exact) mass is 315 g/mol. The van der Waals surface area contributed by atoms with Crippen LogP contribution in [-0.4, -0.2) is 49.2 Å². The number of nitrogens with one attached hydrogen (secondary N) is 2.